The Morgan fingerprint density at radius 1 is 1.44 bits per heavy atom. The number of hydrogen-bond donors (Lipinski definition) is 1. The van der Waals surface area contributed by atoms with E-state index in [1.54, 1.807) is 0 Å². The minimum absolute atomic E-state index is 0.300. The summed E-state index contributed by atoms with van der Waals surface area (Å²) in [6.45, 7) is 2.64. The highest BCUT2D eigenvalue weighted by Crippen LogP contribution is 2.30. The van der Waals surface area contributed by atoms with Gasteiger partial charge in [0.2, 0.25) is 0 Å². The fraction of sp³-hybridized carbons (Fsp3) is 0.357. The van der Waals surface area contributed by atoms with Crippen LogP contribution in [0.25, 0.3) is 11.4 Å². The Labute approximate surface area is 111 Å². The molecule has 2 aromatic rings. The number of imidazole rings is 1. The SMILES string of the molecule is Cc1cccc(-c2nc(Cl)c3n2CC(O)CC3)c1. The van der Waals surface area contributed by atoms with E-state index < -0.39 is 0 Å². The Kier molecular flexibility index (Phi) is 2.88. The highest BCUT2D eigenvalue weighted by molar-refractivity contribution is 6.30. The molecule has 94 valence electrons. The van der Waals surface area contributed by atoms with E-state index in [1.165, 1.54) is 5.56 Å². The van der Waals surface area contributed by atoms with Gasteiger partial charge >= 0.3 is 0 Å². The molecule has 0 amide bonds. The fourth-order valence-corrected chi connectivity index (χ4v) is 2.78. The van der Waals surface area contributed by atoms with E-state index in [0.717, 1.165) is 29.9 Å². The second kappa shape index (κ2) is 4.41. The quantitative estimate of drug-likeness (QED) is 0.858. The van der Waals surface area contributed by atoms with Crippen LogP contribution in [0.2, 0.25) is 5.15 Å². The first-order valence-corrected chi connectivity index (χ1v) is 6.53. The van der Waals surface area contributed by atoms with E-state index in [-0.39, 0.29) is 6.10 Å². The summed E-state index contributed by atoms with van der Waals surface area (Å²) in [5.74, 6) is 0.859. The second-order valence-electron chi connectivity index (χ2n) is 4.85. The van der Waals surface area contributed by atoms with Gasteiger partial charge in [0.15, 0.2) is 5.15 Å². The van der Waals surface area contributed by atoms with E-state index in [9.17, 15) is 5.11 Å². The summed E-state index contributed by atoms with van der Waals surface area (Å²) in [6, 6.07) is 8.19. The zero-order valence-electron chi connectivity index (χ0n) is 10.2. The maximum atomic E-state index is 9.80. The zero-order valence-corrected chi connectivity index (χ0v) is 11.0. The maximum absolute atomic E-state index is 9.80. The Balaban J connectivity index is 2.13. The van der Waals surface area contributed by atoms with Gasteiger partial charge in [0.1, 0.15) is 5.82 Å². The van der Waals surface area contributed by atoms with Crippen LogP contribution in [-0.2, 0) is 13.0 Å². The summed E-state index contributed by atoms with van der Waals surface area (Å²) in [4.78, 5) is 4.46. The van der Waals surface area contributed by atoms with Crippen LogP contribution >= 0.6 is 11.6 Å². The van der Waals surface area contributed by atoms with Gasteiger partial charge in [-0.2, -0.15) is 0 Å². The average molecular weight is 263 g/mol. The predicted molar refractivity (Wildman–Crippen MR) is 71.7 cm³/mol. The molecule has 4 heteroatoms. The van der Waals surface area contributed by atoms with Gasteiger partial charge in [0, 0.05) is 5.56 Å². The minimum Gasteiger partial charge on any atom is -0.391 e. The third-order valence-corrected chi connectivity index (χ3v) is 3.71. The number of aliphatic hydroxyl groups is 1. The smallest absolute Gasteiger partial charge is 0.150 e. The highest BCUT2D eigenvalue weighted by Gasteiger charge is 2.23. The van der Waals surface area contributed by atoms with Gasteiger partial charge in [-0.25, -0.2) is 4.98 Å². The lowest BCUT2D eigenvalue weighted by Gasteiger charge is -2.21. The van der Waals surface area contributed by atoms with Crippen molar-refractivity contribution < 1.29 is 5.11 Å². The lowest BCUT2D eigenvalue weighted by molar-refractivity contribution is 0.132. The Bertz CT molecular complexity index is 591. The Hall–Kier alpha value is -1.32. The third-order valence-electron chi connectivity index (χ3n) is 3.41. The zero-order chi connectivity index (χ0) is 12.7. The summed E-state index contributed by atoms with van der Waals surface area (Å²) >= 11 is 6.19. The van der Waals surface area contributed by atoms with Crippen LogP contribution in [0.4, 0.5) is 0 Å². The molecule has 3 nitrogen and oxygen atoms in total. The molecule has 0 aliphatic carbocycles. The van der Waals surface area contributed by atoms with E-state index in [1.807, 2.05) is 16.7 Å². The van der Waals surface area contributed by atoms with Gasteiger partial charge in [-0.05, 0) is 25.8 Å². The number of rotatable bonds is 1. The van der Waals surface area contributed by atoms with E-state index in [0.29, 0.717) is 11.7 Å². The number of aromatic nitrogens is 2. The third kappa shape index (κ3) is 1.93. The monoisotopic (exact) mass is 262 g/mol. The summed E-state index contributed by atoms with van der Waals surface area (Å²) in [7, 11) is 0. The molecular weight excluding hydrogens is 248 g/mol. The number of nitrogens with zero attached hydrogens (tertiary/aromatic N) is 2. The molecule has 1 aromatic carbocycles. The van der Waals surface area contributed by atoms with Crippen molar-refractivity contribution in [2.45, 2.75) is 32.4 Å². The van der Waals surface area contributed by atoms with Crippen molar-refractivity contribution in [1.82, 2.24) is 9.55 Å². The van der Waals surface area contributed by atoms with Crippen molar-refractivity contribution >= 4 is 11.6 Å². The molecule has 3 rings (SSSR count). The van der Waals surface area contributed by atoms with Crippen molar-refractivity contribution in [1.29, 1.82) is 0 Å². The molecule has 1 atom stereocenters. The molecule has 0 saturated carbocycles. The number of benzene rings is 1. The first kappa shape index (κ1) is 11.8. The number of hydrogen-bond acceptors (Lipinski definition) is 2. The predicted octanol–water partition coefficient (Wildman–Crippen LogP) is 2.82. The van der Waals surface area contributed by atoms with E-state index >= 15 is 0 Å². The van der Waals surface area contributed by atoms with Crippen LogP contribution in [0.5, 0.6) is 0 Å². The van der Waals surface area contributed by atoms with E-state index in [4.69, 9.17) is 11.6 Å². The molecule has 0 bridgehead atoms. The van der Waals surface area contributed by atoms with Gasteiger partial charge < -0.3 is 9.67 Å². The van der Waals surface area contributed by atoms with Crippen LogP contribution in [-0.4, -0.2) is 20.8 Å². The highest BCUT2D eigenvalue weighted by atomic mass is 35.5. The molecule has 1 aliphatic rings. The molecule has 0 fully saturated rings. The lowest BCUT2D eigenvalue weighted by Crippen LogP contribution is -2.24. The minimum atomic E-state index is -0.300. The molecule has 0 saturated heterocycles. The molecule has 1 unspecified atom stereocenters. The summed E-state index contributed by atoms with van der Waals surface area (Å²) in [5, 5.41) is 10.4. The van der Waals surface area contributed by atoms with Gasteiger partial charge in [0.25, 0.3) is 0 Å². The molecule has 1 N–H and O–H groups in total. The standard InChI is InChI=1S/C14H15ClN2O/c1-9-3-2-4-10(7-9)14-16-13(15)12-6-5-11(18)8-17(12)14/h2-4,7,11,18H,5-6,8H2,1H3. The molecule has 2 heterocycles. The van der Waals surface area contributed by atoms with Crippen LogP contribution in [0.3, 0.4) is 0 Å². The Morgan fingerprint density at radius 2 is 2.28 bits per heavy atom. The number of halogens is 1. The number of fused-ring (bicyclic) bond motifs is 1. The van der Waals surface area contributed by atoms with Gasteiger partial charge in [-0.1, -0.05) is 35.4 Å². The molecular formula is C14H15ClN2O. The average Bonchev–Trinajstić information content (AvgIpc) is 2.66. The van der Waals surface area contributed by atoms with Crippen molar-refractivity contribution in [2.75, 3.05) is 0 Å². The maximum Gasteiger partial charge on any atom is 0.150 e. The Morgan fingerprint density at radius 3 is 3.06 bits per heavy atom. The van der Waals surface area contributed by atoms with Crippen LogP contribution < -0.4 is 0 Å². The van der Waals surface area contributed by atoms with Crippen LogP contribution in [0.15, 0.2) is 24.3 Å². The van der Waals surface area contributed by atoms with Crippen molar-refractivity contribution in [3.05, 3.63) is 40.7 Å². The van der Waals surface area contributed by atoms with Gasteiger partial charge in [0.05, 0.1) is 18.3 Å². The second-order valence-corrected chi connectivity index (χ2v) is 5.20. The van der Waals surface area contributed by atoms with Crippen molar-refractivity contribution in [3.8, 4) is 11.4 Å². The number of aliphatic hydroxyl groups excluding tert-OH is 1. The number of aryl methyl sites for hydroxylation is 1. The molecule has 1 aliphatic heterocycles. The first-order valence-electron chi connectivity index (χ1n) is 6.15. The molecule has 0 spiro atoms. The normalized spacial score (nSPS) is 18.7. The fourth-order valence-electron chi connectivity index (χ4n) is 2.50. The van der Waals surface area contributed by atoms with Gasteiger partial charge in [-0.3, -0.25) is 0 Å². The molecule has 0 radical (unpaired) electrons. The molecule has 18 heavy (non-hydrogen) atoms. The summed E-state index contributed by atoms with van der Waals surface area (Å²) in [5.41, 5.74) is 3.29. The van der Waals surface area contributed by atoms with Gasteiger partial charge in [-0.15, -0.1) is 0 Å². The molecule has 1 aromatic heterocycles. The first-order chi connectivity index (χ1) is 8.65. The van der Waals surface area contributed by atoms with Crippen LogP contribution in [0.1, 0.15) is 17.7 Å². The topological polar surface area (TPSA) is 38.0 Å². The largest absolute Gasteiger partial charge is 0.391 e. The van der Waals surface area contributed by atoms with Crippen molar-refractivity contribution in [2.24, 2.45) is 0 Å². The van der Waals surface area contributed by atoms with E-state index in [2.05, 4.69) is 24.0 Å². The van der Waals surface area contributed by atoms with Crippen molar-refractivity contribution in [3.63, 3.8) is 0 Å². The lowest BCUT2D eigenvalue weighted by atomic mass is 10.1. The van der Waals surface area contributed by atoms with Crippen LogP contribution in [0, 0.1) is 6.92 Å². The summed E-state index contributed by atoms with van der Waals surface area (Å²) < 4.78 is 2.05. The summed E-state index contributed by atoms with van der Waals surface area (Å²) in [6.07, 6.45) is 1.25.